The van der Waals surface area contributed by atoms with E-state index in [1.807, 2.05) is 0 Å². The minimum absolute atomic E-state index is 0.00854. The van der Waals surface area contributed by atoms with Crippen molar-refractivity contribution in [2.24, 2.45) is 40.4 Å². The Hall–Kier alpha value is -6.05. The van der Waals surface area contributed by atoms with Crippen LogP contribution in [0.5, 0.6) is 0 Å². The van der Waals surface area contributed by atoms with E-state index in [1.54, 1.807) is 27.7 Å². The van der Waals surface area contributed by atoms with Gasteiger partial charge in [-0.05, 0) is 118 Å². The second kappa shape index (κ2) is 23.7. The van der Waals surface area contributed by atoms with Gasteiger partial charge in [0.15, 0.2) is 5.41 Å². The average molecular weight is 1030 g/mol. The van der Waals surface area contributed by atoms with Crippen LogP contribution in [0.1, 0.15) is 152 Å². The highest BCUT2D eigenvalue weighted by Crippen LogP contribution is 2.62. The molecule has 6 saturated carbocycles. The van der Waals surface area contributed by atoms with Gasteiger partial charge in [-0.1, -0.05) is 60.6 Å². The van der Waals surface area contributed by atoms with Crippen molar-refractivity contribution in [2.75, 3.05) is 6.61 Å². The molecule has 0 aromatic heterocycles. The van der Waals surface area contributed by atoms with Crippen LogP contribution in [0.2, 0.25) is 0 Å². The van der Waals surface area contributed by atoms with Crippen LogP contribution in [0.3, 0.4) is 0 Å². The zero-order valence-electron chi connectivity index (χ0n) is 44.9. The largest absolute Gasteiger partial charge is 0.463 e. The van der Waals surface area contributed by atoms with Crippen LogP contribution in [0.15, 0.2) is 60.8 Å². The number of rotatable bonds is 11. The normalized spacial score (nSPS) is 31.0. The standard InChI is InChI=1S/C13H13NO4.C13H22O2.C12H14O4.C11H18O2.C8H10O4/c1-6(2)11(15)17-9-7-3-8-10(9)18-12(16)13(8,4-7)5-14;1-10(2)11(14)15-13(12(3,4)5)8-6-7-9-13;1-5(2)11(13)15-9-6-3-7-8(4-6)12(14)16-10(7)9;1-4-11(7-5-6-8-11)13-10(12)9(2)3;1-5(2)7(9)12-6-3-4-11-8(6)10/h7-10H,1,3-4H2,2H3;1,6-9H2,2-5H3;6-10H,1,3-4H2,2H3;2,4-8H2,1,3H3;6H,1,3-4H2,2H3. The van der Waals surface area contributed by atoms with E-state index < -0.39 is 47.6 Å². The van der Waals surface area contributed by atoms with Gasteiger partial charge in [0, 0.05) is 63.4 Å². The van der Waals surface area contributed by atoms with Crippen molar-refractivity contribution >= 4 is 47.8 Å². The third-order valence-corrected chi connectivity index (χ3v) is 16.1. The van der Waals surface area contributed by atoms with Crippen LogP contribution in [-0.4, -0.2) is 96.1 Å². The summed E-state index contributed by atoms with van der Waals surface area (Å²) in [7, 11) is 0. The molecule has 4 bridgehead atoms. The molecule has 0 radical (unpaired) electrons. The molecular weight excluding hydrogens is 955 g/mol. The molecule has 3 aliphatic heterocycles. The third kappa shape index (κ3) is 12.7. The van der Waals surface area contributed by atoms with Gasteiger partial charge in [0.05, 0.1) is 18.6 Å². The van der Waals surface area contributed by atoms with Gasteiger partial charge in [-0.15, -0.1) is 0 Å². The Labute approximate surface area is 435 Å². The lowest BCUT2D eigenvalue weighted by Crippen LogP contribution is -2.44. The van der Waals surface area contributed by atoms with Crippen LogP contribution in [0, 0.1) is 51.8 Å². The molecule has 17 heteroatoms. The number of nitriles is 1. The second-order valence-corrected chi connectivity index (χ2v) is 22.6. The lowest BCUT2D eigenvalue weighted by atomic mass is 9.74. The van der Waals surface area contributed by atoms with Crippen LogP contribution in [-0.2, 0) is 76.3 Å². The zero-order chi connectivity index (χ0) is 55.2. The Morgan fingerprint density at radius 3 is 1.62 bits per heavy atom. The first-order valence-electron chi connectivity index (χ1n) is 25.9. The number of hydrogen-bond acceptors (Lipinski definition) is 17. The predicted molar refractivity (Wildman–Crippen MR) is 267 cm³/mol. The van der Waals surface area contributed by atoms with Crippen molar-refractivity contribution in [3.63, 3.8) is 0 Å². The fraction of sp³-hybridized carbons (Fsp3) is 0.667. The maximum atomic E-state index is 11.8. The molecule has 0 aromatic rings. The minimum atomic E-state index is -0.985. The summed E-state index contributed by atoms with van der Waals surface area (Å²) in [5.74, 6) is -2.31. The zero-order valence-corrected chi connectivity index (χ0v) is 44.9. The van der Waals surface area contributed by atoms with E-state index >= 15 is 0 Å². The number of carbonyl (C=O) groups is 8. The maximum Gasteiger partial charge on any atom is 0.347 e. The van der Waals surface area contributed by atoms with Gasteiger partial charge >= 0.3 is 47.8 Å². The number of ether oxygens (including phenoxy) is 8. The minimum Gasteiger partial charge on any atom is -0.463 e. The number of fused-ring (bicyclic) bond motifs is 2. The molecule has 0 N–H and O–H groups in total. The van der Waals surface area contributed by atoms with Crippen molar-refractivity contribution < 1.29 is 76.3 Å². The fourth-order valence-corrected chi connectivity index (χ4v) is 11.7. The predicted octanol–water partition coefficient (Wildman–Crippen LogP) is 8.72. The van der Waals surface area contributed by atoms with Crippen molar-refractivity contribution in [3.8, 4) is 6.07 Å². The highest BCUT2D eigenvalue weighted by molar-refractivity contribution is 5.90. The molecular formula is C57H77NO16. The maximum absolute atomic E-state index is 11.8. The van der Waals surface area contributed by atoms with Crippen molar-refractivity contribution in [1.29, 1.82) is 5.26 Å². The summed E-state index contributed by atoms with van der Waals surface area (Å²) >= 11 is 0. The van der Waals surface area contributed by atoms with Gasteiger partial charge in [-0.25, -0.2) is 28.8 Å². The van der Waals surface area contributed by atoms with Crippen molar-refractivity contribution in [3.05, 3.63) is 60.8 Å². The number of cyclic esters (lactones) is 1. The molecule has 17 nitrogen and oxygen atoms in total. The molecule has 11 unspecified atom stereocenters. The van der Waals surface area contributed by atoms with E-state index in [0.717, 1.165) is 64.2 Å². The molecule has 0 spiro atoms. The smallest absolute Gasteiger partial charge is 0.347 e. The summed E-state index contributed by atoms with van der Waals surface area (Å²) in [6.07, 6.45) is 10.9. The molecule has 74 heavy (non-hydrogen) atoms. The van der Waals surface area contributed by atoms with Gasteiger partial charge in [-0.2, -0.15) is 5.26 Å². The molecule has 9 aliphatic rings. The van der Waals surface area contributed by atoms with Crippen LogP contribution >= 0.6 is 0 Å². The first-order chi connectivity index (χ1) is 34.6. The number of hydrogen-bond donors (Lipinski definition) is 0. The Morgan fingerprint density at radius 2 is 1.15 bits per heavy atom. The van der Waals surface area contributed by atoms with E-state index in [9.17, 15) is 43.6 Å². The number of carbonyl (C=O) groups excluding carboxylic acids is 8. The summed E-state index contributed by atoms with van der Waals surface area (Å²) in [6.45, 7) is 34.7. The van der Waals surface area contributed by atoms with E-state index in [4.69, 9.17) is 33.2 Å². The van der Waals surface area contributed by atoms with Crippen LogP contribution < -0.4 is 0 Å². The molecule has 6 aliphatic carbocycles. The Balaban J connectivity index is 0.000000173. The first-order valence-corrected chi connectivity index (χ1v) is 25.9. The Morgan fingerprint density at radius 1 is 0.649 bits per heavy atom. The number of esters is 8. The average Bonchev–Trinajstić information content (AvgIpc) is 4.21. The third-order valence-electron chi connectivity index (χ3n) is 16.1. The quantitative estimate of drug-likeness (QED) is 0.107. The van der Waals surface area contributed by atoms with Crippen LogP contribution in [0.4, 0.5) is 0 Å². The topological polar surface area (TPSA) is 234 Å². The highest BCUT2D eigenvalue weighted by Gasteiger charge is 2.72. The van der Waals surface area contributed by atoms with Gasteiger partial charge in [0.1, 0.15) is 35.6 Å². The summed E-state index contributed by atoms with van der Waals surface area (Å²) in [5, 5.41) is 9.22. The first kappa shape index (κ1) is 58.8. The molecule has 3 heterocycles. The monoisotopic (exact) mass is 1030 g/mol. The summed E-state index contributed by atoms with van der Waals surface area (Å²) in [6, 6.07) is 2.11. The lowest BCUT2D eigenvalue weighted by Gasteiger charge is -2.41. The van der Waals surface area contributed by atoms with Gasteiger partial charge in [0.2, 0.25) is 6.10 Å². The van der Waals surface area contributed by atoms with Crippen LogP contribution in [0.25, 0.3) is 0 Å². The molecule has 3 saturated heterocycles. The fourth-order valence-electron chi connectivity index (χ4n) is 11.7. The van der Waals surface area contributed by atoms with Gasteiger partial charge in [-0.3, -0.25) is 9.59 Å². The van der Waals surface area contributed by atoms with Gasteiger partial charge < -0.3 is 37.9 Å². The van der Waals surface area contributed by atoms with Gasteiger partial charge in [0.25, 0.3) is 0 Å². The molecule has 0 aromatic carbocycles. The highest BCUT2D eigenvalue weighted by atomic mass is 16.6. The summed E-state index contributed by atoms with van der Waals surface area (Å²) in [4.78, 5) is 91.0. The SMILES string of the molecule is C=C(C)C(=O)OC1(C(C)(C)C)CCCC1.C=C(C)C(=O)OC1(CC)CCCC1.C=C(C)C(=O)OC1C2CC3C(=O)OC1C3C2.C=C(C)C(=O)OC1C2CC3C1OC(=O)C3(C#N)C2.C=C(C)C(=O)OC1CCOC1=O. The van der Waals surface area contributed by atoms with E-state index in [2.05, 4.69) is 71.4 Å². The molecule has 0 amide bonds. The second-order valence-electron chi connectivity index (χ2n) is 22.6. The molecule has 9 rings (SSSR count). The number of nitrogens with zero attached hydrogens (tertiary/aromatic N) is 1. The summed E-state index contributed by atoms with van der Waals surface area (Å²) < 4.78 is 41.8. The Bertz CT molecular complexity index is 2340. The van der Waals surface area contributed by atoms with Crippen molar-refractivity contribution in [1.82, 2.24) is 0 Å². The van der Waals surface area contributed by atoms with E-state index in [0.29, 0.717) is 47.7 Å². The van der Waals surface area contributed by atoms with Crippen molar-refractivity contribution in [2.45, 2.75) is 194 Å². The molecule has 406 valence electrons. The van der Waals surface area contributed by atoms with E-state index in [1.165, 1.54) is 19.8 Å². The molecule has 11 atom stereocenters. The lowest BCUT2D eigenvalue weighted by molar-refractivity contribution is -0.167. The Kier molecular flexibility index (Phi) is 18.8. The van der Waals surface area contributed by atoms with E-state index in [-0.39, 0.29) is 81.9 Å². The molecule has 9 fully saturated rings. The summed E-state index contributed by atoms with van der Waals surface area (Å²) in [5.41, 5.74) is 0.576.